The Kier molecular flexibility index (Phi) is 28.5. The molecule has 0 N–H and O–H groups in total. The molecule has 0 aliphatic heterocycles. The van der Waals surface area contributed by atoms with Gasteiger partial charge in [-0.1, -0.05) is 281 Å². The van der Waals surface area contributed by atoms with E-state index in [0.29, 0.717) is 61.9 Å². The normalized spacial score (nSPS) is 14.7. The van der Waals surface area contributed by atoms with Gasteiger partial charge in [0.05, 0.1) is 0 Å². The van der Waals surface area contributed by atoms with Gasteiger partial charge in [-0.25, -0.2) is 0 Å². The zero-order valence-electron chi connectivity index (χ0n) is 44.4. The molecule has 0 saturated carbocycles. The van der Waals surface area contributed by atoms with E-state index in [2.05, 4.69) is 249 Å². The maximum absolute atomic E-state index is 2.38. The summed E-state index contributed by atoms with van der Waals surface area (Å²) in [5, 5.41) is 5.40. The van der Waals surface area contributed by atoms with Crippen LogP contribution in [0.15, 0.2) is 0 Å². The van der Waals surface area contributed by atoms with Gasteiger partial charge in [0.2, 0.25) is 0 Å². The van der Waals surface area contributed by atoms with E-state index in [-0.39, 0.29) is 72.5 Å². The van der Waals surface area contributed by atoms with Crippen LogP contribution in [0.2, 0.25) is 0 Å². The van der Waals surface area contributed by atoms with Gasteiger partial charge in [0, 0.05) is 40.8 Å². The summed E-state index contributed by atoms with van der Waals surface area (Å²) in [6, 6.07) is 0. The van der Waals surface area contributed by atoms with E-state index in [1.807, 2.05) is 0 Å². The minimum Gasteiger partial charge on any atom is -0.0901 e. The predicted octanol–water partition coefficient (Wildman–Crippen LogP) is 19.5. The second-order valence-corrected chi connectivity index (χ2v) is 46.2. The van der Waals surface area contributed by atoms with Crippen LogP contribution < -0.4 is 0 Å². The minimum atomic E-state index is 0. The molecule has 0 saturated heterocycles. The fourth-order valence-electron chi connectivity index (χ4n) is 12.1. The largest absolute Gasteiger partial charge is 0.0901 e. The third-order valence-corrected chi connectivity index (χ3v) is 24.1. The Balaban J connectivity index is -0.000000140. The van der Waals surface area contributed by atoms with Crippen LogP contribution >= 0.6 is 31.7 Å². The molecule has 0 nitrogen and oxygen atoms in total. The SMILES string of the molecule is CC(C)(C)P(C(C)(C)C)C(C)(C)C.CC(C)(C)P(C(C)(C)C)C(C)(C)C.CC(C)(C)P(C(C)(C)C)C(C)(C)C.CC(C)(C)P(C(C)(C)C)C(C)(C)C.[Pd].[Pd]. The minimum absolute atomic E-state index is 0. The number of hydrogen-bond acceptors (Lipinski definition) is 0. The van der Waals surface area contributed by atoms with Gasteiger partial charge >= 0.3 is 0 Å². The molecule has 0 aromatic carbocycles. The molecule has 0 aliphatic rings. The monoisotopic (exact) mass is 1020 g/mol. The summed E-state index contributed by atoms with van der Waals surface area (Å²) in [6.45, 7) is 85.8. The van der Waals surface area contributed by atoms with E-state index < -0.39 is 0 Å². The topological polar surface area (TPSA) is 0 Å². The Morgan fingerprint density at radius 2 is 0.167 bits per heavy atom. The third kappa shape index (κ3) is 28.5. The molecular weight excluding hydrogens is 913 g/mol. The van der Waals surface area contributed by atoms with E-state index in [0.717, 1.165) is 0 Å². The molecule has 6 heteroatoms. The summed E-state index contributed by atoms with van der Waals surface area (Å²) >= 11 is 0. The van der Waals surface area contributed by atoms with Gasteiger partial charge in [-0.3, -0.25) is 0 Å². The van der Waals surface area contributed by atoms with E-state index in [1.54, 1.807) is 0 Å². The van der Waals surface area contributed by atoms with Crippen LogP contribution in [0.5, 0.6) is 0 Å². The van der Waals surface area contributed by atoms with Crippen molar-refractivity contribution in [1.82, 2.24) is 0 Å². The van der Waals surface area contributed by atoms with Gasteiger partial charge in [0.15, 0.2) is 0 Å². The fourth-order valence-corrected chi connectivity index (χ4v) is 36.2. The second-order valence-electron chi connectivity index (χ2n) is 27.4. The van der Waals surface area contributed by atoms with Gasteiger partial charge in [-0.2, -0.15) is 0 Å². The summed E-state index contributed by atoms with van der Waals surface area (Å²) in [6.07, 6.45) is 0. The van der Waals surface area contributed by atoms with Crippen LogP contribution in [0, 0.1) is 0 Å². The van der Waals surface area contributed by atoms with E-state index in [9.17, 15) is 0 Å². The molecule has 340 valence electrons. The van der Waals surface area contributed by atoms with Crippen molar-refractivity contribution in [1.29, 1.82) is 0 Å². The first kappa shape index (κ1) is 68.8. The predicted molar refractivity (Wildman–Crippen MR) is 265 cm³/mol. The van der Waals surface area contributed by atoms with Crippen molar-refractivity contribution in [3.05, 3.63) is 0 Å². The van der Waals surface area contributed by atoms with Crippen molar-refractivity contribution in [3.8, 4) is 0 Å². The van der Waals surface area contributed by atoms with Crippen LogP contribution in [0.4, 0.5) is 0 Å². The Morgan fingerprint density at radius 3 is 0.167 bits per heavy atom. The summed E-state index contributed by atoms with van der Waals surface area (Å²) in [5.41, 5.74) is 0. The first-order valence-electron chi connectivity index (χ1n) is 20.7. The van der Waals surface area contributed by atoms with E-state index in [1.165, 1.54) is 0 Å². The van der Waals surface area contributed by atoms with Gasteiger partial charge in [-0.05, 0) is 61.9 Å². The van der Waals surface area contributed by atoms with Crippen LogP contribution in [0.1, 0.15) is 249 Å². The molecule has 0 aromatic rings. The quantitative estimate of drug-likeness (QED) is 0.168. The molecule has 0 amide bonds. The third-order valence-electron chi connectivity index (χ3n) is 8.05. The van der Waals surface area contributed by atoms with Gasteiger partial charge < -0.3 is 0 Å². The van der Waals surface area contributed by atoms with Crippen molar-refractivity contribution >= 4 is 31.7 Å². The van der Waals surface area contributed by atoms with Gasteiger partial charge in [-0.15, -0.1) is 0 Å². The standard InChI is InChI=1S/4C12H27P.2Pd/c4*1-10(2,3)13(11(4,5)6)12(7,8)9;;/h4*1-9H3;;. The van der Waals surface area contributed by atoms with Crippen LogP contribution in [0.3, 0.4) is 0 Å². The molecule has 0 fully saturated rings. The summed E-state index contributed by atoms with van der Waals surface area (Å²) in [5.74, 6) is 0. The van der Waals surface area contributed by atoms with Crippen molar-refractivity contribution in [2.75, 3.05) is 0 Å². The Bertz CT molecular complexity index is 691. The molecule has 54 heavy (non-hydrogen) atoms. The zero-order chi connectivity index (χ0) is 44.3. The molecule has 0 aliphatic carbocycles. The molecule has 0 aromatic heterocycles. The smallest absolute Gasteiger partial charge is 0 e. The van der Waals surface area contributed by atoms with E-state index >= 15 is 0 Å². The molecule has 0 heterocycles. The average Bonchev–Trinajstić information content (AvgIpc) is 2.51. The molecule has 0 rings (SSSR count). The zero-order valence-corrected chi connectivity index (χ0v) is 51.1. The molecular formula is C48H108P4Pd2. The van der Waals surface area contributed by atoms with Crippen molar-refractivity contribution in [3.63, 3.8) is 0 Å². The van der Waals surface area contributed by atoms with Gasteiger partial charge in [0.1, 0.15) is 0 Å². The van der Waals surface area contributed by atoms with Crippen LogP contribution in [-0.2, 0) is 40.8 Å². The molecule has 0 unspecified atom stereocenters. The number of hydrogen-bond donors (Lipinski definition) is 0. The number of rotatable bonds is 0. The van der Waals surface area contributed by atoms with Crippen LogP contribution in [-0.4, -0.2) is 61.9 Å². The van der Waals surface area contributed by atoms with Crippen molar-refractivity contribution in [2.45, 2.75) is 311 Å². The maximum Gasteiger partial charge on any atom is 0 e. The molecule has 0 spiro atoms. The first-order valence-corrected chi connectivity index (χ1v) is 26.0. The molecule has 0 bridgehead atoms. The summed E-state index contributed by atoms with van der Waals surface area (Å²) in [7, 11) is 0.0648. The first-order chi connectivity index (χ1) is 21.5. The van der Waals surface area contributed by atoms with Crippen molar-refractivity contribution < 1.29 is 40.8 Å². The molecule has 0 atom stereocenters. The summed E-state index contributed by atoms with van der Waals surface area (Å²) in [4.78, 5) is 0. The second kappa shape index (κ2) is 22.4. The Hall–Kier alpha value is 3.04. The molecule has 0 radical (unpaired) electrons. The van der Waals surface area contributed by atoms with E-state index in [4.69, 9.17) is 0 Å². The maximum atomic E-state index is 2.38. The Labute approximate surface area is 380 Å². The fraction of sp³-hybridized carbons (Fsp3) is 1.00. The van der Waals surface area contributed by atoms with Gasteiger partial charge in [0.25, 0.3) is 0 Å². The summed E-state index contributed by atoms with van der Waals surface area (Å²) < 4.78 is 0. The van der Waals surface area contributed by atoms with Crippen molar-refractivity contribution in [2.24, 2.45) is 0 Å². The van der Waals surface area contributed by atoms with Crippen LogP contribution in [0.25, 0.3) is 0 Å². The Morgan fingerprint density at radius 1 is 0.130 bits per heavy atom. The average molecular weight is 1020 g/mol.